The molecule has 0 aromatic heterocycles. The van der Waals surface area contributed by atoms with Gasteiger partial charge in [-0.2, -0.15) is 0 Å². The van der Waals surface area contributed by atoms with Gasteiger partial charge < -0.3 is 14.6 Å². The van der Waals surface area contributed by atoms with Gasteiger partial charge in [-0.3, -0.25) is 0 Å². The van der Waals surface area contributed by atoms with Crippen LogP contribution in [0.4, 0.5) is 0 Å². The van der Waals surface area contributed by atoms with E-state index in [2.05, 4.69) is 0 Å². The van der Waals surface area contributed by atoms with E-state index >= 15 is 0 Å². The Kier molecular flexibility index (Phi) is 2.77. The standard InChI is InChI=1S/C14H18O3/c1-14(2,3)13(15)7-5-10-4-6-11-12(8-10)17-9-16-11/h4-8,13,15H,9H2,1-3H3/b7-5+/i7D. The summed E-state index contributed by atoms with van der Waals surface area (Å²) in [5.41, 5.74) is 0.483. The molecule has 1 atom stereocenters. The first-order chi connectivity index (χ1) is 8.38. The van der Waals surface area contributed by atoms with E-state index in [-0.39, 0.29) is 18.3 Å². The summed E-state index contributed by atoms with van der Waals surface area (Å²) in [4.78, 5) is 0. The summed E-state index contributed by atoms with van der Waals surface area (Å²) >= 11 is 0. The molecule has 1 N–H and O–H groups in total. The number of aliphatic hydroxyl groups excluding tert-OH is 1. The van der Waals surface area contributed by atoms with Gasteiger partial charge in [0.1, 0.15) is 0 Å². The highest BCUT2D eigenvalue weighted by Crippen LogP contribution is 2.33. The van der Waals surface area contributed by atoms with Crippen LogP contribution >= 0.6 is 0 Å². The number of rotatable bonds is 2. The van der Waals surface area contributed by atoms with E-state index in [1.165, 1.54) is 0 Å². The van der Waals surface area contributed by atoms with Crippen molar-refractivity contribution in [3.8, 4) is 11.5 Å². The van der Waals surface area contributed by atoms with Crippen LogP contribution in [0.5, 0.6) is 11.5 Å². The van der Waals surface area contributed by atoms with Gasteiger partial charge in [0.05, 0.1) is 7.47 Å². The molecule has 1 unspecified atom stereocenters. The topological polar surface area (TPSA) is 38.7 Å². The maximum Gasteiger partial charge on any atom is 0.231 e. The number of fused-ring (bicyclic) bond motifs is 1. The third-order valence-corrected chi connectivity index (χ3v) is 2.62. The summed E-state index contributed by atoms with van der Waals surface area (Å²) in [6.07, 6.45) is 0.862. The zero-order valence-corrected chi connectivity index (χ0v) is 10.4. The van der Waals surface area contributed by atoms with Crippen molar-refractivity contribution in [2.45, 2.75) is 26.9 Å². The molecule has 0 amide bonds. The van der Waals surface area contributed by atoms with Crippen LogP contribution in [0.25, 0.3) is 6.08 Å². The predicted molar refractivity (Wildman–Crippen MR) is 67.1 cm³/mol. The average molecular weight is 235 g/mol. The maximum atomic E-state index is 10.00. The lowest BCUT2D eigenvalue weighted by Gasteiger charge is -2.22. The lowest BCUT2D eigenvalue weighted by Crippen LogP contribution is -2.23. The predicted octanol–water partition coefficient (Wildman–Crippen LogP) is 2.84. The fourth-order valence-corrected chi connectivity index (χ4v) is 1.43. The van der Waals surface area contributed by atoms with E-state index in [1.54, 1.807) is 6.08 Å². The van der Waals surface area contributed by atoms with Crippen molar-refractivity contribution in [1.82, 2.24) is 0 Å². The molecule has 3 heteroatoms. The normalized spacial score (nSPS) is 17.9. The molecule has 0 aliphatic carbocycles. The van der Waals surface area contributed by atoms with Gasteiger partial charge in [-0.1, -0.05) is 39.0 Å². The number of benzene rings is 1. The zero-order valence-electron chi connectivity index (χ0n) is 11.4. The van der Waals surface area contributed by atoms with E-state index < -0.39 is 6.10 Å². The number of ether oxygens (including phenoxy) is 2. The van der Waals surface area contributed by atoms with Crippen LogP contribution in [-0.4, -0.2) is 18.0 Å². The Morgan fingerprint density at radius 3 is 2.76 bits per heavy atom. The van der Waals surface area contributed by atoms with Crippen molar-refractivity contribution in [3.63, 3.8) is 0 Å². The minimum Gasteiger partial charge on any atom is -0.454 e. The number of hydrogen-bond acceptors (Lipinski definition) is 3. The SMILES string of the molecule is [2H]/C(=C\c1ccc2c(c1)OCO2)C(O)C(C)(C)C. The van der Waals surface area contributed by atoms with E-state index in [0.717, 1.165) is 11.3 Å². The molecular weight excluding hydrogens is 216 g/mol. The van der Waals surface area contributed by atoms with Crippen molar-refractivity contribution < 1.29 is 16.0 Å². The van der Waals surface area contributed by atoms with Crippen LogP contribution in [0.3, 0.4) is 0 Å². The molecule has 0 bridgehead atoms. The monoisotopic (exact) mass is 235 g/mol. The molecule has 0 saturated heterocycles. The summed E-state index contributed by atoms with van der Waals surface area (Å²) in [5, 5.41) is 10.00. The molecule has 3 nitrogen and oxygen atoms in total. The molecule has 1 aromatic rings. The number of hydrogen-bond donors (Lipinski definition) is 1. The van der Waals surface area contributed by atoms with Crippen molar-refractivity contribution in [2.75, 3.05) is 6.79 Å². The minimum atomic E-state index is -0.789. The summed E-state index contributed by atoms with van der Waals surface area (Å²) in [6, 6.07) is 5.66. The van der Waals surface area contributed by atoms with Crippen LogP contribution in [0, 0.1) is 5.41 Å². The fourth-order valence-electron chi connectivity index (χ4n) is 1.43. The third-order valence-electron chi connectivity index (χ3n) is 2.62. The van der Waals surface area contributed by atoms with Crippen molar-refractivity contribution in [3.05, 3.63) is 29.8 Å². The Labute approximate surface area is 103 Å². The molecule has 1 aromatic carbocycles. The zero-order chi connectivity index (χ0) is 13.3. The van der Waals surface area contributed by atoms with E-state index in [4.69, 9.17) is 10.8 Å². The smallest absolute Gasteiger partial charge is 0.231 e. The van der Waals surface area contributed by atoms with Crippen LogP contribution in [0.15, 0.2) is 24.3 Å². The minimum absolute atomic E-state index is 0.196. The van der Waals surface area contributed by atoms with Crippen molar-refractivity contribution in [2.24, 2.45) is 5.41 Å². The molecule has 1 aliphatic rings. The summed E-state index contributed by atoms with van der Waals surface area (Å²) in [6.45, 7) is 5.94. The molecule has 2 rings (SSSR count). The Morgan fingerprint density at radius 1 is 1.35 bits per heavy atom. The van der Waals surface area contributed by atoms with Crippen molar-refractivity contribution >= 4 is 6.08 Å². The van der Waals surface area contributed by atoms with Crippen LogP contribution < -0.4 is 9.47 Å². The second-order valence-electron chi connectivity index (χ2n) is 5.19. The molecule has 92 valence electrons. The first kappa shape index (κ1) is 10.7. The fraction of sp³-hybridized carbons (Fsp3) is 0.429. The largest absolute Gasteiger partial charge is 0.454 e. The Morgan fingerprint density at radius 2 is 2.06 bits per heavy atom. The van der Waals surface area contributed by atoms with Crippen LogP contribution in [0.1, 0.15) is 27.7 Å². The highest BCUT2D eigenvalue weighted by molar-refractivity contribution is 5.56. The molecule has 1 heterocycles. The van der Waals surface area contributed by atoms with Gasteiger partial charge in [-0.15, -0.1) is 0 Å². The molecule has 0 fully saturated rings. The second-order valence-corrected chi connectivity index (χ2v) is 5.19. The highest BCUT2D eigenvalue weighted by Gasteiger charge is 2.19. The van der Waals surface area contributed by atoms with Gasteiger partial charge in [-0.05, 0) is 23.1 Å². The lowest BCUT2D eigenvalue weighted by molar-refractivity contribution is 0.106. The quantitative estimate of drug-likeness (QED) is 0.856. The first-order valence-corrected chi connectivity index (χ1v) is 5.64. The average Bonchev–Trinajstić information content (AvgIpc) is 2.73. The van der Waals surface area contributed by atoms with Gasteiger partial charge in [0.2, 0.25) is 6.79 Å². The van der Waals surface area contributed by atoms with E-state index in [0.29, 0.717) is 5.75 Å². The lowest BCUT2D eigenvalue weighted by atomic mass is 9.89. The maximum absolute atomic E-state index is 10.00. The summed E-state index contributed by atoms with van der Waals surface area (Å²) < 4.78 is 18.4. The van der Waals surface area contributed by atoms with Gasteiger partial charge >= 0.3 is 0 Å². The summed E-state index contributed by atoms with van der Waals surface area (Å²) in [5.74, 6) is 1.40. The second kappa shape index (κ2) is 4.41. The Hall–Kier alpha value is -1.48. The molecule has 0 spiro atoms. The van der Waals surface area contributed by atoms with Gasteiger partial charge in [0.25, 0.3) is 0 Å². The molecule has 0 saturated carbocycles. The Bertz CT molecular complexity index is 474. The molecule has 17 heavy (non-hydrogen) atoms. The highest BCUT2D eigenvalue weighted by atomic mass is 16.7. The van der Waals surface area contributed by atoms with Crippen molar-refractivity contribution in [1.29, 1.82) is 0 Å². The molecule has 0 radical (unpaired) electrons. The van der Waals surface area contributed by atoms with Crippen LogP contribution in [0.2, 0.25) is 0 Å². The summed E-state index contributed by atoms with van der Waals surface area (Å²) in [7, 11) is 0. The van der Waals surface area contributed by atoms with Gasteiger partial charge in [0.15, 0.2) is 11.5 Å². The molecular formula is C14H18O3. The van der Waals surface area contributed by atoms with Gasteiger partial charge in [-0.25, -0.2) is 0 Å². The van der Waals surface area contributed by atoms with Gasteiger partial charge in [0, 0.05) is 0 Å². The van der Waals surface area contributed by atoms with Crippen LogP contribution in [-0.2, 0) is 0 Å². The third kappa shape index (κ3) is 2.80. The van der Waals surface area contributed by atoms with E-state index in [9.17, 15) is 5.11 Å². The van der Waals surface area contributed by atoms with E-state index in [1.807, 2.05) is 39.0 Å². The number of aliphatic hydroxyl groups is 1. The Balaban J connectivity index is 2.23. The molecule has 1 aliphatic heterocycles. The first-order valence-electron chi connectivity index (χ1n) is 6.14.